The van der Waals surface area contributed by atoms with Crippen LogP contribution in [0.5, 0.6) is 0 Å². The standard InChI is InChI=1S/C16H18F2N4O/c1-4-9(2)19-15(23)13-8-10(3)20-16(21-13)22-14-11(17)6-5-7-12(14)18/h5-9H,4H2,1-3H3,(H,19,23)(H,20,21,22). The van der Waals surface area contributed by atoms with Crippen LogP contribution >= 0.6 is 0 Å². The number of carbonyl (C=O) groups excluding carboxylic acids is 1. The summed E-state index contributed by atoms with van der Waals surface area (Å²) < 4.78 is 27.4. The van der Waals surface area contributed by atoms with Crippen LogP contribution in [-0.2, 0) is 0 Å². The minimum atomic E-state index is -0.763. The van der Waals surface area contributed by atoms with Crippen LogP contribution in [0.4, 0.5) is 20.4 Å². The summed E-state index contributed by atoms with van der Waals surface area (Å²) in [6, 6.07) is 5.02. The van der Waals surface area contributed by atoms with Crippen molar-refractivity contribution in [2.45, 2.75) is 33.2 Å². The van der Waals surface area contributed by atoms with Gasteiger partial charge < -0.3 is 10.6 Å². The predicted octanol–water partition coefficient (Wildman–Crippen LogP) is 3.34. The number of benzene rings is 1. The van der Waals surface area contributed by atoms with E-state index in [0.717, 1.165) is 18.6 Å². The Hall–Kier alpha value is -2.57. The zero-order chi connectivity index (χ0) is 17.0. The SMILES string of the molecule is CCC(C)NC(=O)c1cc(C)nc(Nc2c(F)cccc2F)n1. The van der Waals surface area contributed by atoms with Gasteiger partial charge in [0.25, 0.3) is 5.91 Å². The minimum absolute atomic E-state index is 0.00167. The Morgan fingerprint density at radius 2 is 1.91 bits per heavy atom. The number of carbonyl (C=O) groups is 1. The van der Waals surface area contributed by atoms with Crippen LogP contribution in [0.3, 0.4) is 0 Å². The molecule has 0 aliphatic rings. The van der Waals surface area contributed by atoms with Gasteiger partial charge in [-0.2, -0.15) is 0 Å². The maximum Gasteiger partial charge on any atom is 0.270 e. The van der Waals surface area contributed by atoms with Crippen LogP contribution in [0.25, 0.3) is 0 Å². The Labute approximate surface area is 133 Å². The third-order valence-corrected chi connectivity index (χ3v) is 3.28. The summed E-state index contributed by atoms with van der Waals surface area (Å²) >= 11 is 0. The molecule has 0 saturated heterocycles. The van der Waals surface area contributed by atoms with Gasteiger partial charge in [-0.3, -0.25) is 4.79 Å². The number of aryl methyl sites for hydroxylation is 1. The fraction of sp³-hybridized carbons (Fsp3) is 0.312. The van der Waals surface area contributed by atoms with Crippen molar-refractivity contribution in [3.8, 4) is 0 Å². The highest BCUT2D eigenvalue weighted by molar-refractivity contribution is 5.92. The smallest absolute Gasteiger partial charge is 0.270 e. The number of hydrogen-bond donors (Lipinski definition) is 2. The maximum atomic E-state index is 13.7. The van der Waals surface area contributed by atoms with Gasteiger partial charge in [-0.15, -0.1) is 0 Å². The van der Waals surface area contributed by atoms with E-state index in [1.54, 1.807) is 6.92 Å². The van der Waals surface area contributed by atoms with Crippen molar-refractivity contribution in [3.05, 3.63) is 47.3 Å². The van der Waals surface area contributed by atoms with E-state index in [1.165, 1.54) is 12.1 Å². The van der Waals surface area contributed by atoms with Gasteiger partial charge in [-0.1, -0.05) is 13.0 Å². The first-order valence-corrected chi connectivity index (χ1v) is 7.28. The average molecular weight is 320 g/mol. The molecule has 1 atom stereocenters. The van der Waals surface area contributed by atoms with E-state index in [2.05, 4.69) is 20.6 Å². The van der Waals surface area contributed by atoms with Gasteiger partial charge in [0.05, 0.1) is 0 Å². The lowest BCUT2D eigenvalue weighted by Gasteiger charge is -2.12. The highest BCUT2D eigenvalue weighted by atomic mass is 19.1. The molecule has 0 aliphatic heterocycles. The molecule has 23 heavy (non-hydrogen) atoms. The summed E-state index contributed by atoms with van der Waals surface area (Å²) in [5.74, 6) is -1.92. The molecule has 0 aliphatic carbocycles. The summed E-state index contributed by atoms with van der Waals surface area (Å²) in [6.45, 7) is 5.49. The Morgan fingerprint density at radius 1 is 1.26 bits per heavy atom. The molecule has 1 amide bonds. The summed E-state index contributed by atoms with van der Waals surface area (Å²) in [5, 5.41) is 5.27. The number of amides is 1. The summed E-state index contributed by atoms with van der Waals surface area (Å²) in [7, 11) is 0. The molecule has 122 valence electrons. The van der Waals surface area contributed by atoms with E-state index < -0.39 is 11.6 Å². The van der Waals surface area contributed by atoms with Crippen LogP contribution in [0, 0.1) is 18.6 Å². The highest BCUT2D eigenvalue weighted by Crippen LogP contribution is 2.21. The Kier molecular flexibility index (Phi) is 5.20. The van der Waals surface area contributed by atoms with Crippen molar-refractivity contribution in [1.29, 1.82) is 0 Å². The molecule has 0 bridgehead atoms. The highest BCUT2D eigenvalue weighted by Gasteiger charge is 2.15. The molecular weight excluding hydrogens is 302 g/mol. The Balaban J connectivity index is 2.29. The number of aromatic nitrogens is 2. The number of anilines is 2. The van der Waals surface area contributed by atoms with Gasteiger partial charge in [-0.25, -0.2) is 18.7 Å². The van der Waals surface area contributed by atoms with Crippen molar-refractivity contribution < 1.29 is 13.6 Å². The fourth-order valence-corrected chi connectivity index (χ4v) is 1.87. The average Bonchev–Trinajstić information content (AvgIpc) is 2.50. The molecule has 2 aromatic rings. The lowest BCUT2D eigenvalue weighted by Crippen LogP contribution is -2.32. The molecule has 2 rings (SSSR count). The second kappa shape index (κ2) is 7.13. The first-order valence-electron chi connectivity index (χ1n) is 7.28. The number of nitrogens with zero attached hydrogens (tertiary/aromatic N) is 2. The minimum Gasteiger partial charge on any atom is -0.348 e. The van der Waals surface area contributed by atoms with Crippen LogP contribution in [-0.4, -0.2) is 21.9 Å². The van der Waals surface area contributed by atoms with Crippen LogP contribution in [0.15, 0.2) is 24.3 Å². The molecule has 5 nitrogen and oxygen atoms in total. The molecule has 1 aromatic carbocycles. The normalized spacial score (nSPS) is 11.9. The van der Waals surface area contributed by atoms with Gasteiger partial charge in [0.15, 0.2) is 0 Å². The molecule has 1 unspecified atom stereocenters. The number of hydrogen-bond acceptors (Lipinski definition) is 4. The second-order valence-corrected chi connectivity index (χ2v) is 5.22. The molecule has 1 heterocycles. The first-order chi connectivity index (χ1) is 10.9. The predicted molar refractivity (Wildman–Crippen MR) is 83.6 cm³/mol. The fourth-order valence-electron chi connectivity index (χ4n) is 1.87. The van der Waals surface area contributed by atoms with Crippen molar-refractivity contribution in [3.63, 3.8) is 0 Å². The van der Waals surface area contributed by atoms with Crippen LogP contribution < -0.4 is 10.6 Å². The van der Waals surface area contributed by atoms with Gasteiger partial charge >= 0.3 is 0 Å². The topological polar surface area (TPSA) is 66.9 Å². The lowest BCUT2D eigenvalue weighted by molar-refractivity contribution is 0.0934. The molecule has 7 heteroatoms. The van der Waals surface area contributed by atoms with Gasteiger partial charge in [0.2, 0.25) is 5.95 Å². The zero-order valence-corrected chi connectivity index (χ0v) is 13.2. The first kappa shape index (κ1) is 16.8. The third kappa shape index (κ3) is 4.21. The largest absolute Gasteiger partial charge is 0.348 e. The van der Waals surface area contributed by atoms with E-state index in [-0.39, 0.29) is 29.3 Å². The van der Waals surface area contributed by atoms with Crippen molar-refractivity contribution >= 4 is 17.5 Å². The van der Waals surface area contributed by atoms with E-state index in [0.29, 0.717) is 5.69 Å². The summed E-state index contributed by atoms with van der Waals surface area (Å²) in [6.07, 6.45) is 0.779. The molecule has 0 saturated carbocycles. The van der Waals surface area contributed by atoms with Crippen LogP contribution in [0.1, 0.15) is 36.5 Å². The van der Waals surface area contributed by atoms with Crippen LogP contribution in [0.2, 0.25) is 0 Å². The van der Waals surface area contributed by atoms with Gasteiger partial charge in [0, 0.05) is 11.7 Å². The second-order valence-electron chi connectivity index (χ2n) is 5.22. The van der Waals surface area contributed by atoms with Gasteiger partial charge in [-0.05, 0) is 38.5 Å². The lowest BCUT2D eigenvalue weighted by atomic mass is 10.2. The van der Waals surface area contributed by atoms with E-state index in [9.17, 15) is 13.6 Å². The van der Waals surface area contributed by atoms with E-state index in [4.69, 9.17) is 0 Å². The number of halogens is 2. The van der Waals surface area contributed by atoms with E-state index in [1.807, 2.05) is 13.8 Å². The van der Waals surface area contributed by atoms with Crippen molar-refractivity contribution in [1.82, 2.24) is 15.3 Å². The molecule has 2 N–H and O–H groups in total. The quantitative estimate of drug-likeness (QED) is 0.887. The summed E-state index contributed by atoms with van der Waals surface area (Å²) in [5.41, 5.74) is 0.289. The monoisotopic (exact) mass is 320 g/mol. The molecule has 1 aromatic heterocycles. The van der Waals surface area contributed by atoms with Crippen molar-refractivity contribution in [2.75, 3.05) is 5.32 Å². The van der Waals surface area contributed by atoms with Gasteiger partial charge in [0.1, 0.15) is 23.0 Å². The number of para-hydroxylation sites is 1. The molecule has 0 fully saturated rings. The third-order valence-electron chi connectivity index (χ3n) is 3.28. The zero-order valence-electron chi connectivity index (χ0n) is 13.2. The van der Waals surface area contributed by atoms with Crippen molar-refractivity contribution in [2.24, 2.45) is 0 Å². The maximum absolute atomic E-state index is 13.7. The number of nitrogens with one attached hydrogen (secondary N) is 2. The molecule has 0 radical (unpaired) electrons. The molecular formula is C16H18F2N4O. The molecule has 0 spiro atoms. The number of rotatable bonds is 5. The summed E-state index contributed by atoms with van der Waals surface area (Å²) in [4.78, 5) is 20.2. The Morgan fingerprint density at radius 3 is 2.52 bits per heavy atom. The van der Waals surface area contributed by atoms with E-state index >= 15 is 0 Å². The Bertz CT molecular complexity index is 701.